The second-order valence-electron chi connectivity index (χ2n) is 5.71. The van der Waals surface area contributed by atoms with E-state index in [9.17, 15) is 4.79 Å². The van der Waals surface area contributed by atoms with Gasteiger partial charge in [0.1, 0.15) is 17.9 Å². The predicted octanol–water partition coefficient (Wildman–Crippen LogP) is 4.09. The molecule has 136 valence electrons. The lowest BCUT2D eigenvalue weighted by atomic mass is 10.0. The Morgan fingerprint density at radius 2 is 1.69 bits per heavy atom. The molecule has 3 aromatic rings. The van der Waals surface area contributed by atoms with E-state index in [2.05, 4.69) is 0 Å². The van der Waals surface area contributed by atoms with Gasteiger partial charge < -0.3 is 23.4 Å². The maximum Gasteiger partial charge on any atom is 0.203 e. The molecule has 1 heterocycles. The zero-order valence-electron chi connectivity index (χ0n) is 15.1. The molecular weight excluding hydrogens is 336 g/mol. The molecule has 0 amide bonds. The molecule has 0 spiro atoms. The molecule has 3 rings (SSSR count). The number of carbonyl (C=O) groups excluding carboxylic acids is 1. The van der Waals surface area contributed by atoms with Crippen LogP contribution in [0.1, 0.15) is 6.92 Å². The van der Waals surface area contributed by atoms with Gasteiger partial charge in [0.15, 0.2) is 17.3 Å². The minimum atomic E-state index is -0.0397. The van der Waals surface area contributed by atoms with Crippen molar-refractivity contribution in [3.8, 4) is 34.1 Å². The summed E-state index contributed by atoms with van der Waals surface area (Å²) in [7, 11) is 4.70. The Kier molecular flexibility index (Phi) is 5.02. The maximum absolute atomic E-state index is 11.1. The molecule has 0 saturated carbocycles. The molecule has 2 aromatic carbocycles. The lowest BCUT2D eigenvalue weighted by Gasteiger charge is -2.13. The monoisotopic (exact) mass is 356 g/mol. The van der Waals surface area contributed by atoms with Crippen LogP contribution >= 0.6 is 0 Å². The molecule has 6 nitrogen and oxygen atoms in total. The van der Waals surface area contributed by atoms with Crippen LogP contribution in [0.3, 0.4) is 0 Å². The molecule has 26 heavy (non-hydrogen) atoms. The molecule has 0 aliphatic rings. The minimum absolute atomic E-state index is 0.0306. The molecule has 6 heteroatoms. The first-order valence-corrected chi connectivity index (χ1v) is 8.01. The molecule has 0 aliphatic carbocycles. The van der Waals surface area contributed by atoms with Gasteiger partial charge in [0, 0.05) is 10.9 Å². The molecule has 1 aromatic heterocycles. The number of fused-ring (bicyclic) bond motifs is 1. The van der Waals surface area contributed by atoms with E-state index in [1.54, 1.807) is 33.7 Å². The number of ketones is 1. The lowest BCUT2D eigenvalue weighted by Crippen LogP contribution is -2.06. The van der Waals surface area contributed by atoms with Gasteiger partial charge in [0.25, 0.3) is 0 Å². The van der Waals surface area contributed by atoms with Gasteiger partial charge in [-0.1, -0.05) is 0 Å². The third kappa shape index (κ3) is 3.31. The third-order valence-corrected chi connectivity index (χ3v) is 3.96. The van der Waals surface area contributed by atoms with Gasteiger partial charge in [-0.3, -0.25) is 4.79 Å². The van der Waals surface area contributed by atoms with Crippen molar-refractivity contribution >= 4 is 16.8 Å². The van der Waals surface area contributed by atoms with Gasteiger partial charge in [-0.2, -0.15) is 0 Å². The summed E-state index contributed by atoms with van der Waals surface area (Å²) < 4.78 is 27.4. The average Bonchev–Trinajstić information content (AvgIpc) is 3.08. The third-order valence-electron chi connectivity index (χ3n) is 3.96. The number of benzene rings is 2. The standard InChI is InChI=1S/C20H20O6/c1-12(21)10-25-14-5-6-17-15(9-14)16(11-26-17)13-7-18(22-2)20(24-4)19(8-13)23-3/h5-9,11H,10H2,1-4H3. The van der Waals surface area contributed by atoms with Crippen LogP contribution < -0.4 is 18.9 Å². The second kappa shape index (κ2) is 7.39. The summed E-state index contributed by atoms with van der Waals surface area (Å²) in [5, 5.41) is 0.861. The minimum Gasteiger partial charge on any atom is -0.493 e. The molecule has 0 aliphatic heterocycles. The van der Waals surface area contributed by atoms with E-state index < -0.39 is 0 Å². The largest absolute Gasteiger partial charge is 0.493 e. The topological polar surface area (TPSA) is 67.1 Å². The number of hydrogen-bond acceptors (Lipinski definition) is 6. The van der Waals surface area contributed by atoms with E-state index >= 15 is 0 Å². The first-order chi connectivity index (χ1) is 12.6. The molecule has 0 fully saturated rings. The number of carbonyl (C=O) groups is 1. The Morgan fingerprint density at radius 3 is 2.27 bits per heavy atom. The average molecular weight is 356 g/mol. The molecule has 0 radical (unpaired) electrons. The van der Waals surface area contributed by atoms with Crippen LogP contribution in [0.4, 0.5) is 0 Å². The highest BCUT2D eigenvalue weighted by molar-refractivity contribution is 5.95. The van der Waals surface area contributed by atoms with Crippen LogP contribution in [-0.4, -0.2) is 33.7 Å². The van der Waals surface area contributed by atoms with Crippen molar-refractivity contribution < 1.29 is 28.2 Å². The number of furan rings is 1. The van der Waals surface area contributed by atoms with E-state index in [-0.39, 0.29) is 12.4 Å². The fraction of sp³-hybridized carbons (Fsp3) is 0.250. The first kappa shape index (κ1) is 17.7. The zero-order chi connectivity index (χ0) is 18.7. The number of hydrogen-bond donors (Lipinski definition) is 0. The summed E-state index contributed by atoms with van der Waals surface area (Å²) in [4.78, 5) is 11.1. The van der Waals surface area contributed by atoms with Crippen LogP contribution in [-0.2, 0) is 4.79 Å². The molecule has 0 N–H and O–H groups in total. The fourth-order valence-electron chi connectivity index (χ4n) is 2.74. The van der Waals surface area contributed by atoms with Crippen molar-refractivity contribution in [2.75, 3.05) is 27.9 Å². The highest BCUT2D eigenvalue weighted by atomic mass is 16.5. The zero-order valence-corrected chi connectivity index (χ0v) is 15.1. The molecular formula is C20H20O6. The van der Waals surface area contributed by atoms with E-state index in [1.165, 1.54) is 6.92 Å². The Labute approximate surface area is 151 Å². The van der Waals surface area contributed by atoms with Crippen LogP contribution in [0.25, 0.3) is 22.1 Å². The van der Waals surface area contributed by atoms with Gasteiger partial charge in [0.05, 0.1) is 27.6 Å². The Morgan fingerprint density at radius 1 is 1.00 bits per heavy atom. The lowest BCUT2D eigenvalue weighted by molar-refractivity contribution is -0.118. The van der Waals surface area contributed by atoms with Crippen LogP contribution in [0.15, 0.2) is 41.0 Å². The quantitative estimate of drug-likeness (QED) is 0.635. The SMILES string of the molecule is COc1cc(-c2coc3ccc(OCC(C)=O)cc23)cc(OC)c1OC. The highest BCUT2D eigenvalue weighted by Gasteiger charge is 2.17. The Bertz CT molecular complexity index is 916. The van der Waals surface area contributed by atoms with Crippen LogP contribution in [0.5, 0.6) is 23.0 Å². The summed E-state index contributed by atoms with van der Waals surface area (Å²) >= 11 is 0. The Hall–Kier alpha value is -3.15. The van der Waals surface area contributed by atoms with Gasteiger partial charge in [0.2, 0.25) is 5.75 Å². The number of ether oxygens (including phenoxy) is 4. The number of rotatable bonds is 7. The Balaban J connectivity index is 2.10. The van der Waals surface area contributed by atoms with Crippen molar-refractivity contribution in [2.45, 2.75) is 6.92 Å². The molecule has 0 unspecified atom stereocenters. The fourth-order valence-corrected chi connectivity index (χ4v) is 2.74. The molecule has 0 bridgehead atoms. The molecule has 0 atom stereocenters. The number of Topliss-reactive ketones (excluding diaryl/α,β-unsaturated/α-hetero) is 1. The number of methoxy groups -OCH3 is 3. The summed E-state index contributed by atoms with van der Waals surface area (Å²) in [5.74, 6) is 2.20. The first-order valence-electron chi connectivity index (χ1n) is 8.01. The molecule has 0 saturated heterocycles. The van der Waals surface area contributed by atoms with Crippen LogP contribution in [0, 0.1) is 0 Å². The van der Waals surface area contributed by atoms with Gasteiger partial charge in [-0.15, -0.1) is 0 Å². The summed E-state index contributed by atoms with van der Waals surface area (Å²) in [6.45, 7) is 1.51. The smallest absolute Gasteiger partial charge is 0.203 e. The second-order valence-corrected chi connectivity index (χ2v) is 5.71. The summed E-state index contributed by atoms with van der Waals surface area (Å²) in [6.07, 6.45) is 1.67. The van der Waals surface area contributed by atoms with Crippen molar-refractivity contribution in [3.05, 3.63) is 36.6 Å². The normalized spacial score (nSPS) is 10.6. The summed E-state index contributed by atoms with van der Waals surface area (Å²) in [6, 6.07) is 9.14. The highest BCUT2D eigenvalue weighted by Crippen LogP contribution is 2.43. The van der Waals surface area contributed by atoms with E-state index in [0.29, 0.717) is 28.6 Å². The van der Waals surface area contributed by atoms with E-state index in [1.807, 2.05) is 24.3 Å². The van der Waals surface area contributed by atoms with Crippen molar-refractivity contribution in [2.24, 2.45) is 0 Å². The van der Waals surface area contributed by atoms with Gasteiger partial charge >= 0.3 is 0 Å². The van der Waals surface area contributed by atoms with E-state index in [4.69, 9.17) is 23.4 Å². The van der Waals surface area contributed by atoms with Crippen molar-refractivity contribution in [1.82, 2.24) is 0 Å². The van der Waals surface area contributed by atoms with Crippen LogP contribution in [0.2, 0.25) is 0 Å². The maximum atomic E-state index is 11.1. The van der Waals surface area contributed by atoms with E-state index in [0.717, 1.165) is 16.5 Å². The van der Waals surface area contributed by atoms with Gasteiger partial charge in [-0.05, 0) is 42.8 Å². The van der Waals surface area contributed by atoms with Gasteiger partial charge in [-0.25, -0.2) is 0 Å². The van der Waals surface area contributed by atoms with Crippen molar-refractivity contribution in [3.63, 3.8) is 0 Å². The summed E-state index contributed by atoms with van der Waals surface area (Å²) in [5.41, 5.74) is 2.42. The van der Waals surface area contributed by atoms with Crippen molar-refractivity contribution in [1.29, 1.82) is 0 Å². The predicted molar refractivity (Wildman–Crippen MR) is 97.5 cm³/mol.